The van der Waals surface area contributed by atoms with Crippen molar-refractivity contribution in [1.29, 1.82) is 5.26 Å². The van der Waals surface area contributed by atoms with Crippen molar-refractivity contribution in [2.45, 2.75) is 45.6 Å². The summed E-state index contributed by atoms with van der Waals surface area (Å²) in [7, 11) is 0. The Morgan fingerprint density at radius 2 is 0.898 bits per heavy atom. The minimum Gasteiger partial charge on any atom is -0.367 e. The molecule has 0 aromatic heterocycles. The van der Waals surface area contributed by atoms with Crippen LogP contribution in [0.2, 0.25) is 0 Å². The van der Waals surface area contributed by atoms with E-state index in [1.54, 1.807) is 0 Å². The van der Waals surface area contributed by atoms with Gasteiger partial charge in [-0.1, -0.05) is 86.1 Å². The summed E-state index contributed by atoms with van der Waals surface area (Å²) in [6.45, 7) is 10.9. The van der Waals surface area contributed by atoms with Gasteiger partial charge in [-0.15, -0.1) is 0 Å². The van der Waals surface area contributed by atoms with Crippen LogP contribution in [0.5, 0.6) is 0 Å². The molecule has 3 aliphatic heterocycles. The van der Waals surface area contributed by atoms with Gasteiger partial charge in [-0.05, 0) is 124 Å². The fourth-order valence-electron chi connectivity index (χ4n) is 7.62. The largest absolute Gasteiger partial charge is 0.367 e. The Bertz CT molecular complexity index is 2270. The Labute approximate surface area is 350 Å². The molecule has 7 heteroatoms. The summed E-state index contributed by atoms with van der Waals surface area (Å²) in [4.78, 5) is 34.3. The van der Waals surface area contributed by atoms with Gasteiger partial charge in [0.05, 0.1) is 11.3 Å². The van der Waals surface area contributed by atoms with Crippen LogP contribution in [0, 0.1) is 35.0 Å². The quantitative estimate of drug-likeness (QED) is 0.171. The van der Waals surface area contributed by atoms with Crippen LogP contribution in [0.25, 0.3) is 0 Å². The molecule has 298 valence electrons. The Balaban J connectivity index is 0.000000191. The number of nitrogens with zero attached hydrogens (tertiary/aromatic N) is 5. The lowest BCUT2D eigenvalue weighted by molar-refractivity contribution is 0.0644. The second kappa shape index (κ2) is 21.8. The minimum atomic E-state index is 0.0331. The first-order valence-corrected chi connectivity index (χ1v) is 20.9. The van der Waals surface area contributed by atoms with Crippen LogP contribution < -0.4 is 4.90 Å². The minimum absolute atomic E-state index is 0.0331. The molecule has 2 amide bonds. The van der Waals surface area contributed by atoms with Crippen molar-refractivity contribution in [2.24, 2.45) is 0 Å². The molecule has 3 saturated heterocycles. The number of carbonyl (C=O) groups excluding carboxylic acids is 2. The van der Waals surface area contributed by atoms with E-state index >= 15 is 0 Å². The second-order valence-corrected chi connectivity index (χ2v) is 14.6. The van der Waals surface area contributed by atoms with Crippen LogP contribution in [-0.2, 0) is 0 Å². The molecule has 0 atom stereocenters. The van der Waals surface area contributed by atoms with E-state index in [1.165, 1.54) is 25.9 Å². The van der Waals surface area contributed by atoms with E-state index < -0.39 is 0 Å². The molecule has 5 aromatic carbocycles. The van der Waals surface area contributed by atoms with Crippen molar-refractivity contribution >= 4 is 17.5 Å². The van der Waals surface area contributed by atoms with Crippen LogP contribution in [0.15, 0.2) is 133 Å². The number of nitriles is 1. The van der Waals surface area contributed by atoms with E-state index in [0.29, 0.717) is 43.3 Å². The molecule has 3 aliphatic rings. The number of hydrogen-bond donors (Lipinski definition) is 0. The van der Waals surface area contributed by atoms with Gasteiger partial charge in [-0.25, -0.2) is 0 Å². The zero-order chi connectivity index (χ0) is 41.2. The zero-order valence-corrected chi connectivity index (χ0v) is 34.3. The number of likely N-dealkylation sites (tertiary alicyclic amines) is 2. The van der Waals surface area contributed by atoms with E-state index in [4.69, 9.17) is 0 Å². The summed E-state index contributed by atoms with van der Waals surface area (Å²) in [6, 6.07) is 45.5. The van der Waals surface area contributed by atoms with Gasteiger partial charge in [-0.3, -0.25) is 9.59 Å². The number of carbonyl (C=O) groups is 2. The molecule has 59 heavy (non-hydrogen) atoms. The van der Waals surface area contributed by atoms with Crippen molar-refractivity contribution in [3.8, 4) is 29.8 Å². The van der Waals surface area contributed by atoms with Crippen molar-refractivity contribution < 1.29 is 9.59 Å². The average Bonchev–Trinajstić information content (AvgIpc) is 3.87. The highest BCUT2D eigenvalue weighted by atomic mass is 16.2. The molecule has 5 aromatic rings. The lowest BCUT2D eigenvalue weighted by Gasteiger charge is -2.36. The first-order chi connectivity index (χ1) is 29.0. The molecular formula is C52H53N5O2. The Kier molecular flexibility index (Phi) is 15.5. The first-order valence-electron chi connectivity index (χ1n) is 20.9. The van der Waals surface area contributed by atoms with E-state index in [2.05, 4.69) is 39.6 Å². The molecule has 0 aliphatic carbocycles. The molecule has 0 bridgehead atoms. The van der Waals surface area contributed by atoms with Gasteiger partial charge in [0.1, 0.15) is 6.07 Å². The van der Waals surface area contributed by atoms with E-state index in [9.17, 15) is 14.9 Å². The van der Waals surface area contributed by atoms with E-state index in [0.717, 1.165) is 59.4 Å². The van der Waals surface area contributed by atoms with Crippen molar-refractivity contribution in [1.82, 2.24) is 14.7 Å². The summed E-state index contributed by atoms with van der Waals surface area (Å²) in [5, 5.41) is 9.31. The third-order valence-corrected chi connectivity index (χ3v) is 10.9. The lowest BCUT2D eigenvalue weighted by Crippen LogP contribution is -2.49. The summed E-state index contributed by atoms with van der Waals surface area (Å²) < 4.78 is 0. The fraction of sp³-hybridized carbons (Fsp3) is 0.288. The van der Waals surface area contributed by atoms with Crippen LogP contribution in [0.1, 0.15) is 88.1 Å². The standard InChI is InChI=1S/C26H21N3O.C24H26N2O.C2H6/c27-20-24-8-4-5-9-25(24)28-16-18-29(19-17-28)26(30)23-14-12-22(13-15-23)11-10-21-6-2-1-3-7-21;27-24(26-18-14-23(15-19-26)25-16-4-5-17-25)22-12-10-21(11-13-22)9-8-20-6-2-1-3-7-20;1-2/h1-9,12-15H,16-19H2;1-3,6-7,10-13,23H,4-5,14-19H2;1-2H3. The van der Waals surface area contributed by atoms with Crippen molar-refractivity contribution in [3.63, 3.8) is 0 Å². The average molecular weight is 780 g/mol. The predicted molar refractivity (Wildman–Crippen MR) is 238 cm³/mol. The maximum atomic E-state index is 12.9. The third-order valence-electron chi connectivity index (χ3n) is 10.9. The topological polar surface area (TPSA) is 70.9 Å². The highest BCUT2D eigenvalue weighted by Crippen LogP contribution is 2.23. The second-order valence-electron chi connectivity index (χ2n) is 14.6. The van der Waals surface area contributed by atoms with Gasteiger partial charge < -0.3 is 19.6 Å². The first kappa shape index (κ1) is 42.0. The zero-order valence-electron chi connectivity index (χ0n) is 34.3. The highest BCUT2D eigenvalue weighted by Gasteiger charge is 2.29. The molecule has 7 nitrogen and oxygen atoms in total. The Hall–Kier alpha value is -6.59. The van der Waals surface area contributed by atoms with Crippen molar-refractivity contribution in [2.75, 3.05) is 57.3 Å². The number of para-hydroxylation sites is 1. The number of piperazine rings is 1. The van der Waals surface area contributed by atoms with Gasteiger partial charge in [0.15, 0.2) is 0 Å². The Morgan fingerprint density at radius 3 is 1.36 bits per heavy atom. The number of anilines is 1. The van der Waals surface area contributed by atoms with Crippen LogP contribution in [-0.4, -0.2) is 84.9 Å². The molecular weight excluding hydrogens is 727 g/mol. The summed E-state index contributed by atoms with van der Waals surface area (Å²) in [5.74, 6) is 12.8. The van der Waals surface area contributed by atoms with Crippen LogP contribution >= 0.6 is 0 Å². The lowest BCUT2D eigenvalue weighted by atomic mass is 10.0. The molecule has 3 heterocycles. The SMILES string of the molecule is CC.N#Cc1ccccc1N1CCN(C(=O)c2ccc(C#Cc3ccccc3)cc2)CC1.O=C(c1ccc(C#Cc2ccccc2)cc1)N1CCC(N2CCCC2)CC1. The van der Waals surface area contributed by atoms with Gasteiger partial charge >= 0.3 is 0 Å². The number of rotatable bonds is 4. The molecule has 8 rings (SSSR count). The molecule has 0 unspecified atom stereocenters. The summed E-state index contributed by atoms with van der Waals surface area (Å²) >= 11 is 0. The number of benzene rings is 5. The molecule has 3 fully saturated rings. The number of hydrogen-bond acceptors (Lipinski definition) is 5. The number of amides is 2. The predicted octanol–water partition coefficient (Wildman–Crippen LogP) is 8.73. The summed E-state index contributed by atoms with van der Waals surface area (Å²) in [5.41, 5.74) is 6.83. The smallest absolute Gasteiger partial charge is 0.253 e. The maximum absolute atomic E-state index is 12.9. The normalized spacial score (nSPS) is 15.1. The van der Waals surface area contributed by atoms with Gasteiger partial charge in [0.25, 0.3) is 11.8 Å². The van der Waals surface area contributed by atoms with Crippen LogP contribution in [0.3, 0.4) is 0 Å². The Morgan fingerprint density at radius 1 is 0.492 bits per heavy atom. The van der Waals surface area contributed by atoms with Gasteiger partial charge in [-0.2, -0.15) is 5.26 Å². The van der Waals surface area contributed by atoms with Gasteiger partial charge in [0, 0.05) is 78.7 Å². The maximum Gasteiger partial charge on any atom is 0.253 e. The fourth-order valence-corrected chi connectivity index (χ4v) is 7.62. The van der Waals surface area contributed by atoms with Crippen molar-refractivity contribution in [3.05, 3.63) is 172 Å². The monoisotopic (exact) mass is 779 g/mol. The summed E-state index contributed by atoms with van der Waals surface area (Å²) in [6.07, 6.45) is 4.87. The van der Waals surface area contributed by atoms with Gasteiger partial charge in [0.2, 0.25) is 0 Å². The molecule has 0 spiro atoms. The molecule has 0 N–H and O–H groups in total. The molecule has 0 radical (unpaired) electrons. The number of piperidine rings is 1. The van der Waals surface area contributed by atoms with E-state index in [-0.39, 0.29) is 11.8 Å². The third kappa shape index (κ3) is 11.7. The van der Waals surface area contributed by atoms with Crippen LogP contribution in [0.4, 0.5) is 5.69 Å². The molecule has 0 saturated carbocycles. The van der Waals surface area contributed by atoms with E-state index in [1.807, 2.05) is 157 Å². The highest BCUT2D eigenvalue weighted by molar-refractivity contribution is 5.95.